The maximum Gasteiger partial charge on any atom is 0.514 e. The van der Waals surface area contributed by atoms with Gasteiger partial charge in [-0.25, -0.2) is 14.4 Å². The average Bonchev–Trinajstić information content (AvgIpc) is 3.82. The fourth-order valence-electron chi connectivity index (χ4n) is 8.09. The van der Waals surface area contributed by atoms with Gasteiger partial charge < -0.3 is 33.2 Å². The number of methoxy groups -OCH3 is 1. The molecular formula is C57H50O11. The summed E-state index contributed by atoms with van der Waals surface area (Å²) in [7, 11) is 1.24. The van der Waals surface area contributed by atoms with Gasteiger partial charge in [-0.05, 0) is 95.8 Å². The molecule has 0 saturated heterocycles. The topological polar surface area (TPSA) is 133 Å². The van der Waals surface area contributed by atoms with Gasteiger partial charge in [-0.2, -0.15) is 0 Å². The maximum atomic E-state index is 15.3. The van der Waals surface area contributed by atoms with E-state index in [0.29, 0.717) is 18.6 Å². The molecule has 0 unspecified atom stereocenters. The molecule has 344 valence electrons. The van der Waals surface area contributed by atoms with Crippen LogP contribution in [0.25, 0.3) is 0 Å². The molecule has 68 heavy (non-hydrogen) atoms. The van der Waals surface area contributed by atoms with Crippen molar-refractivity contribution < 1.29 is 52.3 Å². The van der Waals surface area contributed by atoms with Crippen molar-refractivity contribution in [1.29, 1.82) is 0 Å². The minimum atomic E-state index is -0.798. The summed E-state index contributed by atoms with van der Waals surface area (Å²) >= 11 is 0. The third-order valence-electron chi connectivity index (χ3n) is 11.6. The van der Waals surface area contributed by atoms with Crippen LogP contribution in [0.15, 0.2) is 176 Å². The van der Waals surface area contributed by atoms with E-state index in [1.165, 1.54) is 25.3 Å². The van der Waals surface area contributed by atoms with Gasteiger partial charge >= 0.3 is 18.1 Å². The van der Waals surface area contributed by atoms with Crippen molar-refractivity contribution in [1.82, 2.24) is 0 Å². The number of esters is 2. The number of ether oxygens (including phenoxy) is 7. The van der Waals surface area contributed by atoms with Crippen LogP contribution in [0.4, 0.5) is 4.79 Å². The smallest absolute Gasteiger partial charge is 0.488 e. The van der Waals surface area contributed by atoms with Crippen LogP contribution in [0.3, 0.4) is 0 Å². The molecule has 1 aliphatic carbocycles. The third-order valence-corrected chi connectivity index (χ3v) is 11.6. The first-order valence-corrected chi connectivity index (χ1v) is 22.4. The van der Waals surface area contributed by atoms with Gasteiger partial charge in [-0.1, -0.05) is 140 Å². The fourth-order valence-corrected chi connectivity index (χ4v) is 8.09. The van der Waals surface area contributed by atoms with Gasteiger partial charge in [0.15, 0.2) is 0 Å². The molecule has 11 heteroatoms. The summed E-state index contributed by atoms with van der Waals surface area (Å²) in [5.74, 6) is -1.42. The molecule has 0 spiro atoms. The minimum Gasteiger partial charge on any atom is -0.488 e. The average molecular weight is 911 g/mol. The zero-order valence-electron chi connectivity index (χ0n) is 37.5. The van der Waals surface area contributed by atoms with E-state index in [-0.39, 0.29) is 71.8 Å². The Morgan fingerprint density at radius 1 is 0.500 bits per heavy atom. The lowest BCUT2D eigenvalue weighted by atomic mass is 9.94. The number of rotatable bonds is 19. The number of hydrogen-bond acceptors (Lipinski definition) is 11. The Balaban J connectivity index is 1.08. The summed E-state index contributed by atoms with van der Waals surface area (Å²) in [6.45, 7) is 0.288. The van der Waals surface area contributed by atoms with Gasteiger partial charge in [0.1, 0.15) is 61.1 Å². The van der Waals surface area contributed by atoms with Gasteiger partial charge in [0, 0.05) is 0 Å². The SMILES string of the molecule is COC(=O)c1cccc(OCc2ccccc2)c1C(=O)c1c(OCc2ccccc2)cc(C(=O)O[C@@H]2CCC[C@H]2Cc2ccc(OC(=O)OCc3ccccc3)cc2)cc1OCc1ccccc1. The highest BCUT2D eigenvalue weighted by Crippen LogP contribution is 2.39. The Labute approximate surface area is 395 Å². The summed E-state index contributed by atoms with van der Waals surface area (Å²) < 4.78 is 41.3. The van der Waals surface area contributed by atoms with Crippen LogP contribution in [-0.4, -0.2) is 37.1 Å². The molecule has 1 aliphatic rings. The van der Waals surface area contributed by atoms with E-state index in [4.69, 9.17) is 33.2 Å². The minimum absolute atomic E-state index is 0.00846. The van der Waals surface area contributed by atoms with Crippen LogP contribution >= 0.6 is 0 Å². The van der Waals surface area contributed by atoms with E-state index in [0.717, 1.165) is 40.7 Å². The highest BCUT2D eigenvalue weighted by atomic mass is 16.7. The summed E-state index contributed by atoms with van der Waals surface area (Å²) in [6, 6.07) is 52.5. The Hall–Kier alpha value is -8.18. The van der Waals surface area contributed by atoms with Crippen molar-refractivity contribution in [2.45, 2.75) is 58.2 Å². The molecule has 11 nitrogen and oxygen atoms in total. The molecule has 0 aliphatic heterocycles. The number of benzene rings is 7. The van der Waals surface area contributed by atoms with E-state index in [1.807, 2.05) is 133 Å². The summed E-state index contributed by atoms with van der Waals surface area (Å²) in [6.07, 6.45) is 1.76. The Bertz CT molecular complexity index is 2730. The van der Waals surface area contributed by atoms with Gasteiger partial charge in [-0.3, -0.25) is 4.79 Å². The molecule has 0 heterocycles. The Kier molecular flexibility index (Phi) is 15.6. The molecule has 8 rings (SSSR count). The second-order valence-electron chi connectivity index (χ2n) is 16.3. The molecule has 7 aromatic carbocycles. The second-order valence-corrected chi connectivity index (χ2v) is 16.3. The molecule has 0 radical (unpaired) electrons. The number of ketones is 1. The monoisotopic (exact) mass is 910 g/mol. The molecule has 0 amide bonds. The molecule has 1 fully saturated rings. The molecular weight excluding hydrogens is 861 g/mol. The molecule has 0 bridgehead atoms. The van der Waals surface area contributed by atoms with Crippen LogP contribution in [0.1, 0.15) is 83.7 Å². The van der Waals surface area contributed by atoms with E-state index >= 15 is 4.79 Å². The molecule has 0 aromatic heterocycles. The van der Waals surface area contributed by atoms with Crippen LogP contribution < -0.4 is 18.9 Å². The highest BCUT2D eigenvalue weighted by Gasteiger charge is 2.34. The van der Waals surface area contributed by atoms with Crippen molar-refractivity contribution in [3.05, 3.63) is 226 Å². The first-order chi connectivity index (χ1) is 33.3. The third kappa shape index (κ3) is 12.2. The quantitative estimate of drug-likeness (QED) is 0.0332. The highest BCUT2D eigenvalue weighted by molar-refractivity contribution is 6.19. The second kappa shape index (κ2) is 22.8. The fraction of sp³-hybridized carbons (Fsp3) is 0.193. The van der Waals surface area contributed by atoms with E-state index in [9.17, 15) is 14.4 Å². The van der Waals surface area contributed by atoms with Crippen LogP contribution in [-0.2, 0) is 47.1 Å². The lowest BCUT2D eigenvalue weighted by Crippen LogP contribution is -2.24. The summed E-state index contributed by atoms with van der Waals surface area (Å²) in [4.78, 5) is 55.4. The van der Waals surface area contributed by atoms with Crippen molar-refractivity contribution in [3.63, 3.8) is 0 Å². The van der Waals surface area contributed by atoms with E-state index < -0.39 is 30.0 Å². The zero-order valence-corrected chi connectivity index (χ0v) is 37.5. The molecule has 2 atom stereocenters. The van der Waals surface area contributed by atoms with E-state index in [2.05, 4.69) is 0 Å². The van der Waals surface area contributed by atoms with Crippen molar-refractivity contribution in [2.75, 3.05) is 7.11 Å². The largest absolute Gasteiger partial charge is 0.514 e. The summed E-state index contributed by atoms with van der Waals surface area (Å²) in [5, 5.41) is 0. The van der Waals surface area contributed by atoms with E-state index in [1.54, 1.807) is 24.3 Å². The first-order valence-electron chi connectivity index (χ1n) is 22.4. The van der Waals surface area contributed by atoms with Crippen LogP contribution in [0.2, 0.25) is 0 Å². The van der Waals surface area contributed by atoms with Crippen molar-refractivity contribution in [2.24, 2.45) is 5.92 Å². The van der Waals surface area contributed by atoms with Crippen molar-refractivity contribution >= 4 is 23.9 Å². The summed E-state index contributed by atoms with van der Waals surface area (Å²) in [5.41, 5.74) is 4.31. The lowest BCUT2D eigenvalue weighted by Gasteiger charge is -2.22. The number of hydrogen-bond donors (Lipinski definition) is 0. The van der Waals surface area contributed by atoms with Crippen molar-refractivity contribution in [3.8, 4) is 23.0 Å². The van der Waals surface area contributed by atoms with Gasteiger partial charge in [0.05, 0.1) is 23.8 Å². The number of carbonyl (C=O) groups excluding carboxylic acids is 4. The molecule has 7 aromatic rings. The first kappa shape index (κ1) is 46.4. The number of carbonyl (C=O) groups is 4. The van der Waals surface area contributed by atoms with Gasteiger partial charge in [0.2, 0.25) is 5.78 Å². The standard InChI is InChI=1S/C57H50O11/c1-62-56(60)47-25-15-27-49(63-35-40-16-6-2-7-17-40)52(47)54(58)53-50(64-36-41-18-8-3-9-19-41)33-45(34-51(53)65-37-42-20-10-4-11-21-42)55(59)68-48-26-14-24-44(48)32-39-28-30-46(31-29-39)67-57(61)66-38-43-22-12-5-13-23-43/h2-13,15-23,25,27-31,33-34,44,48H,14,24,26,32,35-38H2,1H3/t44-,48+/m0/s1. The molecule has 0 N–H and O–H groups in total. The zero-order chi connectivity index (χ0) is 47.1. The van der Waals surface area contributed by atoms with Crippen LogP contribution in [0, 0.1) is 5.92 Å². The lowest BCUT2D eigenvalue weighted by molar-refractivity contribution is 0.0206. The predicted molar refractivity (Wildman–Crippen MR) is 254 cm³/mol. The molecule has 1 saturated carbocycles. The maximum absolute atomic E-state index is 15.3. The normalized spacial score (nSPS) is 14.0. The predicted octanol–water partition coefficient (Wildman–Crippen LogP) is 11.7. The Morgan fingerprint density at radius 2 is 1.01 bits per heavy atom. The van der Waals surface area contributed by atoms with Gasteiger partial charge in [0.25, 0.3) is 0 Å². The Morgan fingerprint density at radius 3 is 1.54 bits per heavy atom. The van der Waals surface area contributed by atoms with Gasteiger partial charge in [-0.15, -0.1) is 0 Å². The van der Waals surface area contributed by atoms with Crippen LogP contribution in [0.5, 0.6) is 23.0 Å².